The Morgan fingerprint density at radius 3 is 2.71 bits per heavy atom. The number of thioether (sulfide) groups is 1. The Morgan fingerprint density at radius 2 is 1.90 bits per heavy atom. The van der Waals surface area contributed by atoms with E-state index in [2.05, 4.69) is 10.3 Å². The van der Waals surface area contributed by atoms with E-state index in [1.165, 1.54) is 16.7 Å². The van der Waals surface area contributed by atoms with Gasteiger partial charge in [0, 0.05) is 25.2 Å². The first-order valence-electron chi connectivity index (χ1n) is 11.0. The number of carbonyl (C=O) groups is 3. The van der Waals surface area contributed by atoms with Gasteiger partial charge in [-0.15, -0.1) is 0 Å². The Bertz CT molecular complexity index is 967. The number of likely N-dealkylation sites (tertiary alicyclic amines) is 1. The second-order valence-corrected chi connectivity index (χ2v) is 9.43. The van der Waals surface area contributed by atoms with Gasteiger partial charge in [-0.25, -0.2) is 9.78 Å². The normalized spacial score (nSPS) is 24.9. The summed E-state index contributed by atoms with van der Waals surface area (Å²) < 4.78 is 5.66. The van der Waals surface area contributed by atoms with Crippen molar-refractivity contribution in [2.75, 3.05) is 18.8 Å². The van der Waals surface area contributed by atoms with Gasteiger partial charge in [0.1, 0.15) is 5.52 Å². The number of hydrogen-bond acceptors (Lipinski definition) is 6. The molecule has 2 saturated heterocycles. The van der Waals surface area contributed by atoms with Crippen molar-refractivity contribution in [3.8, 4) is 0 Å². The Morgan fingerprint density at radius 1 is 1.13 bits per heavy atom. The van der Waals surface area contributed by atoms with E-state index in [1.54, 1.807) is 0 Å². The van der Waals surface area contributed by atoms with Crippen molar-refractivity contribution in [2.45, 2.75) is 55.8 Å². The fourth-order valence-electron chi connectivity index (χ4n) is 4.95. The van der Waals surface area contributed by atoms with Crippen LogP contribution in [0.4, 0.5) is 4.79 Å². The highest BCUT2D eigenvalue weighted by molar-refractivity contribution is 7.99. The summed E-state index contributed by atoms with van der Waals surface area (Å²) in [6.45, 7) is 1.09. The largest absolute Gasteiger partial charge is 0.431 e. The van der Waals surface area contributed by atoms with Crippen LogP contribution in [0.5, 0.6) is 0 Å². The number of para-hydroxylation sites is 2. The van der Waals surface area contributed by atoms with Crippen molar-refractivity contribution in [1.29, 1.82) is 0 Å². The molecule has 9 heteroatoms. The molecule has 1 N–H and O–H groups in total. The smallest absolute Gasteiger partial charge is 0.324 e. The van der Waals surface area contributed by atoms with Gasteiger partial charge in [0.15, 0.2) is 5.58 Å². The first-order chi connectivity index (χ1) is 15.1. The molecule has 3 aliphatic rings. The van der Waals surface area contributed by atoms with E-state index >= 15 is 0 Å². The Hall–Kier alpha value is -2.55. The lowest BCUT2D eigenvalue weighted by Crippen LogP contribution is -2.64. The standard InChI is InChI=1S/C22H26N4O4S/c27-19(13-31-22-24-17-7-3-4-8-18(17)30-22)25-11-9-14(10-12-25)26-20(28)15-5-1-2-6-16(15)23-21(26)29/h3-4,7-8,14-16H,1-2,5-6,9-13H2,(H,23,29). The lowest BCUT2D eigenvalue weighted by molar-refractivity contribution is -0.139. The summed E-state index contributed by atoms with van der Waals surface area (Å²) in [5.41, 5.74) is 1.49. The summed E-state index contributed by atoms with van der Waals surface area (Å²) >= 11 is 1.29. The van der Waals surface area contributed by atoms with E-state index < -0.39 is 0 Å². The fourth-order valence-corrected chi connectivity index (χ4v) is 5.69. The lowest BCUT2D eigenvalue weighted by atomic mass is 9.81. The molecule has 0 radical (unpaired) electrons. The minimum absolute atomic E-state index is 0.00412. The molecule has 1 aromatic heterocycles. The minimum Gasteiger partial charge on any atom is -0.431 e. The highest BCUT2D eigenvalue weighted by atomic mass is 32.2. The van der Waals surface area contributed by atoms with Crippen molar-refractivity contribution in [3.05, 3.63) is 24.3 Å². The molecule has 1 aromatic carbocycles. The van der Waals surface area contributed by atoms with Crippen molar-refractivity contribution in [1.82, 2.24) is 20.1 Å². The van der Waals surface area contributed by atoms with Gasteiger partial charge < -0.3 is 14.6 Å². The Balaban J connectivity index is 1.15. The predicted octanol–water partition coefficient (Wildman–Crippen LogP) is 3.02. The number of imide groups is 1. The summed E-state index contributed by atoms with van der Waals surface area (Å²) in [6.07, 6.45) is 5.09. The molecule has 2 unspecified atom stereocenters. The van der Waals surface area contributed by atoms with E-state index in [0.29, 0.717) is 36.7 Å². The molecule has 2 atom stereocenters. The number of amides is 4. The third kappa shape index (κ3) is 4.03. The highest BCUT2D eigenvalue weighted by Gasteiger charge is 2.45. The van der Waals surface area contributed by atoms with E-state index in [4.69, 9.17) is 4.42 Å². The van der Waals surface area contributed by atoms with Crippen molar-refractivity contribution >= 4 is 40.7 Å². The van der Waals surface area contributed by atoms with Crippen LogP contribution in [0, 0.1) is 5.92 Å². The number of hydrogen-bond donors (Lipinski definition) is 1. The van der Waals surface area contributed by atoms with E-state index in [1.807, 2.05) is 29.2 Å². The molecule has 164 valence electrons. The first-order valence-corrected chi connectivity index (χ1v) is 12.0. The third-order valence-corrected chi connectivity index (χ3v) is 7.44. The van der Waals surface area contributed by atoms with Crippen molar-refractivity contribution < 1.29 is 18.8 Å². The topological polar surface area (TPSA) is 95.8 Å². The van der Waals surface area contributed by atoms with Gasteiger partial charge >= 0.3 is 6.03 Å². The van der Waals surface area contributed by atoms with Crippen LogP contribution in [-0.4, -0.2) is 63.6 Å². The number of nitrogens with zero attached hydrogens (tertiary/aromatic N) is 3. The zero-order valence-electron chi connectivity index (χ0n) is 17.3. The number of fused-ring (bicyclic) bond motifs is 2. The van der Waals surface area contributed by atoms with Crippen LogP contribution in [0.15, 0.2) is 33.9 Å². The van der Waals surface area contributed by atoms with E-state index in [9.17, 15) is 14.4 Å². The summed E-state index contributed by atoms with van der Waals surface area (Å²) in [5.74, 6) is 0.167. The molecule has 0 spiro atoms. The number of carbonyl (C=O) groups excluding carboxylic acids is 3. The number of piperidine rings is 1. The fraction of sp³-hybridized carbons (Fsp3) is 0.545. The van der Waals surface area contributed by atoms with Gasteiger partial charge in [-0.3, -0.25) is 14.5 Å². The molecule has 4 amide bonds. The van der Waals surface area contributed by atoms with Crippen LogP contribution in [0.25, 0.3) is 11.1 Å². The maximum absolute atomic E-state index is 13.0. The number of aromatic nitrogens is 1. The molecule has 2 aliphatic heterocycles. The molecule has 1 saturated carbocycles. The van der Waals surface area contributed by atoms with Gasteiger partial charge in [-0.05, 0) is 37.8 Å². The number of oxazole rings is 1. The van der Waals surface area contributed by atoms with Crippen LogP contribution >= 0.6 is 11.8 Å². The summed E-state index contributed by atoms with van der Waals surface area (Å²) in [5, 5.41) is 3.53. The van der Waals surface area contributed by atoms with Crippen LogP contribution in [0.2, 0.25) is 0 Å². The molecular weight excluding hydrogens is 416 g/mol. The number of benzene rings is 1. The Kier molecular flexibility index (Phi) is 5.60. The molecule has 31 heavy (non-hydrogen) atoms. The monoisotopic (exact) mass is 442 g/mol. The van der Waals surface area contributed by atoms with Crippen LogP contribution < -0.4 is 5.32 Å². The zero-order chi connectivity index (χ0) is 21.4. The second kappa shape index (κ2) is 8.53. The van der Waals surface area contributed by atoms with Gasteiger partial charge in [0.2, 0.25) is 11.8 Å². The number of nitrogens with one attached hydrogen (secondary N) is 1. The highest BCUT2D eigenvalue weighted by Crippen LogP contribution is 2.32. The molecule has 1 aliphatic carbocycles. The molecule has 2 aromatic rings. The van der Waals surface area contributed by atoms with Gasteiger partial charge in [-0.1, -0.05) is 36.7 Å². The van der Waals surface area contributed by atoms with E-state index in [-0.39, 0.29) is 41.6 Å². The summed E-state index contributed by atoms with van der Waals surface area (Å²) in [7, 11) is 0. The van der Waals surface area contributed by atoms with Gasteiger partial charge in [0.25, 0.3) is 5.22 Å². The first kappa shape index (κ1) is 20.4. The minimum atomic E-state index is -0.260. The quantitative estimate of drug-likeness (QED) is 0.732. The van der Waals surface area contributed by atoms with Crippen LogP contribution in [0.3, 0.4) is 0 Å². The average molecular weight is 443 g/mol. The maximum Gasteiger partial charge on any atom is 0.324 e. The summed E-state index contributed by atoms with van der Waals surface area (Å²) in [6, 6.07) is 7.12. The van der Waals surface area contributed by atoms with Crippen LogP contribution in [-0.2, 0) is 9.59 Å². The number of urea groups is 1. The maximum atomic E-state index is 13.0. The molecule has 3 fully saturated rings. The average Bonchev–Trinajstić information content (AvgIpc) is 3.21. The van der Waals surface area contributed by atoms with Crippen molar-refractivity contribution in [3.63, 3.8) is 0 Å². The SMILES string of the molecule is O=C(CSc1nc2ccccc2o1)N1CCC(N2C(=O)NC3CCCCC3C2=O)CC1. The van der Waals surface area contributed by atoms with Gasteiger partial charge in [0.05, 0.1) is 11.7 Å². The van der Waals surface area contributed by atoms with E-state index in [0.717, 1.165) is 31.2 Å². The van der Waals surface area contributed by atoms with Crippen molar-refractivity contribution in [2.24, 2.45) is 5.92 Å². The second-order valence-electron chi connectivity index (χ2n) is 8.50. The zero-order valence-corrected chi connectivity index (χ0v) is 18.1. The summed E-state index contributed by atoms with van der Waals surface area (Å²) in [4.78, 5) is 45.9. The molecular formula is C22H26N4O4S. The molecule has 5 rings (SSSR count). The molecule has 3 heterocycles. The molecule has 0 bridgehead atoms. The molecule has 8 nitrogen and oxygen atoms in total. The lowest BCUT2D eigenvalue weighted by Gasteiger charge is -2.44. The van der Waals surface area contributed by atoms with Gasteiger partial charge in [-0.2, -0.15) is 0 Å². The van der Waals surface area contributed by atoms with Crippen LogP contribution in [0.1, 0.15) is 38.5 Å². The third-order valence-electron chi connectivity index (χ3n) is 6.62. The number of rotatable bonds is 4. The predicted molar refractivity (Wildman–Crippen MR) is 115 cm³/mol. The Labute approximate surface area is 184 Å².